The van der Waals surface area contributed by atoms with Gasteiger partial charge >= 0.3 is 0 Å². The minimum absolute atomic E-state index is 0.712. The molecule has 0 amide bonds. The van der Waals surface area contributed by atoms with Gasteiger partial charge in [-0.15, -0.1) is 6.58 Å². The maximum Gasteiger partial charge on any atom is 0.203 e. The van der Waals surface area contributed by atoms with Crippen molar-refractivity contribution >= 4 is 5.95 Å². The van der Waals surface area contributed by atoms with Crippen LogP contribution < -0.4 is 5.32 Å². The summed E-state index contributed by atoms with van der Waals surface area (Å²) in [6.07, 6.45) is 7.72. The van der Waals surface area contributed by atoms with Crippen LogP contribution in [0.1, 0.15) is 11.3 Å². The van der Waals surface area contributed by atoms with Crippen LogP contribution in [-0.2, 0) is 13.6 Å². The van der Waals surface area contributed by atoms with E-state index in [4.69, 9.17) is 0 Å². The Bertz CT molecular complexity index is 509. The second-order valence-corrected chi connectivity index (χ2v) is 4.03. The highest BCUT2D eigenvalue weighted by molar-refractivity contribution is 5.30. The normalized spacial score (nSPS) is 10.5. The third kappa shape index (κ3) is 2.75. The number of rotatable bonds is 5. The van der Waals surface area contributed by atoms with Gasteiger partial charge in [-0.25, -0.2) is 4.98 Å². The molecule has 2 aromatic heterocycles. The SMILES string of the molecule is C=CCNc1nc(C)cn1Cc1cnn(C)c1. The first-order valence-electron chi connectivity index (χ1n) is 5.55. The number of aromatic nitrogens is 4. The van der Waals surface area contributed by atoms with Gasteiger partial charge < -0.3 is 9.88 Å². The van der Waals surface area contributed by atoms with Crippen molar-refractivity contribution in [3.05, 3.63) is 42.5 Å². The third-order valence-corrected chi connectivity index (χ3v) is 2.41. The summed E-state index contributed by atoms with van der Waals surface area (Å²) in [6, 6.07) is 0. The molecule has 0 bridgehead atoms. The Morgan fingerprint density at radius 1 is 1.47 bits per heavy atom. The predicted octanol–water partition coefficient (Wildman–Crippen LogP) is 1.57. The zero-order chi connectivity index (χ0) is 12.3. The summed E-state index contributed by atoms with van der Waals surface area (Å²) in [5.41, 5.74) is 2.16. The predicted molar refractivity (Wildman–Crippen MR) is 68.0 cm³/mol. The Balaban J connectivity index is 2.16. The number of hydrogen-bond acceptors (Lipinski definition) is 3. The minimum atomic E-state index is 0.712. The molecular formula is C12H17N5. The maximum absolute atomic E-state index is 4.43. The Labute approximate surface area is 101 Å². The van der Waals surface area contributed by atoms with E-state index in [0.717, 1.165) is 23.8 Å². The van der Waals surface area contributed by atoms with Gasteiger partial charge in [-0.3, -0.25) is 4.68 Å². The van der Waals surface area contributed by atoms with Crippen molar-refractivity contribution < 1.29 is 0 Å². The van der Waals surface area contributed by atoms with Crippen molar-refractivity contribution in [3.8, 4) is 0 Å². The molecule has 0 unspecified atom stereocenters. The lowest BCUT2D eigenvalue weighted by Gasteiger charge is -2.06. The molecule has 0 fully saturated rings. The lowest BCUT2D eigenvalue weighted by atomic mass is 10.3. The summed E-state index contributed by atoms with van der Waals surface area (Å²) in [7, 11) is 1.92. The fourth-order valence-electron chi connectivity index (χ4n) is 1.72. The lowest BCUT2D eigenvalue weighted by molar-refractivity contribution is 0.762. The highest BCUT2D eigenvalue weighted by Crippen LogP contribution is 2.11. The van der Waals surface area contributed by atoms with E-state index in [2.05, 4.69) is 26.5 Å². The zero-order valence-electron chi connectivity index (χ0n) is 10.2. The second kappa shape index (κ2) is 4.86. The van der Waals surface area contributed by atoms with Crippen LogP contribution >= 0.6 is 0 Å². The highest BCUT2D eigenvalue weighted by atomic mass is 15.2. The number of nitrogens with zero attached hydrogens (tertiary/aromatic N) is 4. The average Bonchev–Trinajstić information content (AvgIpc) is 2.83. The van der Waals surface area contributed by atoms with Crippen molar-refractivity contribution in [3.63, 3.8) is 0 Å². The smallest absolute Gasteiger partial charge is 0.203 e. The van der Waals surface area contributed by atoms with Gasteiger partial charge in [0.2, 0.25) is 5.95 Å². The summed E-state index contributed by atoms with van der Waals surface area (Å²) in [5.74, 6) is 0.867. The second-order valence-electron chi connectivity index (χ2n) is 4.03. The van der Waals surface area contributed by atoms with Crippen LogP contribution in [0.15, 0.2) is 31.2 Å². The van der Waals surface area contributed by atoms with Gasteiger partial charge in [0.05, 0.1) is 18.4 Å². The highest BCUT2D eigenvalue weighted by Gasteiger charge is 2.06. The average molecular weight is 231 g/mol. The fraction of sp³-hybridized carbons (Fsp3) is 0.333. The molecule has 0 saturated heterocycles. The molecule has 0 saturated carbocycles. The van der Waals surface area contributed by atoms with E-state index in [-0.39, 0.29) is 0 Å². The molecule has 0 aliphatic heterocycles. The van der Waals surface area contributed by atoms with Crippen LogP contribution in [0.25, 0.3) is 0 Å². The van der Waals surface area contributed by atoms with E-state index in [1.807, 2.05) is 38.6 Å². The molecule has 5 heteroatoms. The van der Waals surface area contributed by atoms with Gasteiger partial charge in [0.1, 0.15) is 0 Å². The van der Waals surface area contributed by atoms with E-state index in [9.17, 15) is 0 Å². The number of nitrogens with one attached hydrogen (secondary N) is 1. The van der Waals surface area contributed by atoms with Crippen LogP contribution in [-0.4, -0.2) is 25.9 Å². The molecule has 90 valence electrons. The van der Waals surface area contributed by atoms with E-state index in [1.165, 1.54) is 0 Å². The summed E-state index contributed by atoms with van der Waals surface area (Å²) in [5, 5.41) is 7.38. The van der Waals surface area contributed by atoms with Crippen LogP contribution in [0.2, 0.25) is 0 Å². The van der Waals surface area contributed by atoms with Gasteiger partial charge in [-0.1, -0.05) is 6.08 Å². The van der Waals surface area contributed by atoms with Gasteiger partial charge in [0.15, 0.2) is 0 Å². The van der Waals surface area contributed by atoms with Crippen molar-refractivity contribution in [2.75, 3.05) is 11.9 Å². The summed E-state index contributed by atoms with van der Waals surface area (Å²) in [4.78, 5) is 4.43. The molecule has 0 aromatic carbocycles. The summed E-state index contributed by atoms with van der Waals surface area (Å²) < 4.78 is 3.88. The van der Waals surface area contributed by atoms with Crippen molar-refractivity contribution in [2.24, 2.45) is 7.05 Å². The third-order valence-electron chi connectivity index (χ3n) is 2.41. The van der Waals surface area contributed by atoms with Crippen molar-refractivity contribution in [2.45, 2.75) is 13.5 Å². The molecule has 2 rings (SSSR count). The molecule has 2 aromatic rings. The summed E-state index contributed by atoms with van der Waals surface area (Å²) >= 11 is 0. The molecule has 17 heavy (non-hydrogen) atoms. The quantitative estimate of drug-likeness (QED) is 0.795. The zero-order valence-corrected chi connectivity index (χ0v) is 10.2. The van der Waals surface area contributed by atoms with Gasteiger partial charge in [0, 0.05) is 31.5 Å². The Morgan fingerprint density at radius 2 is 2.29 bits per heavy atom. The van der Waals surface area contributed by atoms with Crippen LogP contribution in [0.4, 0.5) is 5.95 Å². The van der Waals surface area contributed by atoms with E-state index >= 15 is 0 Å². The lowest BCUT2D eigenvalue weighted by Crippen LogP contribution is -2.07. The Hall–Kier alpha value is -2.04. The molecular weight excluding hydrogens is 214 g/mol. The number of aryl methyl sites for hydroxylation is 2. The first-order chi connectivity index (χ1) is 8.19. The van der Waals surface area contributed by atoms with E-state index < -0.39 is 0 Å². The molecule has 2 heterocycles. The number of anilines is 1. The van der Waals surface area contributed by atoms with Crippen LogP contribution in [0, 0.1) is 6.92 Å². The molecule has 0 atom stereocenters. The summed E-state index contributed by atoms with van der Waals surface area (Å²) in [6.45, 7) is 7.16. The molecule has 0 radical (unpaired) electrons. The Morgan fingerprint density at radius 3 is 2.94 bits per heavy atom. The molecule has 0 aliphatic carbocycles. The fourth-order valence-corrected chi connectivity index (χ4v) is 1.72. The minimum Gasteiger partial charge on any atom is -0.352 e. The van der Waals surface area contributed by atoms with E-state index in [0.29, 0.717) is 6.54 Å². The number of imidazole rings is 1. The Kier molecular flexibility index (Phi) is 3.27. The van der Waals surface area contributed by atoms with Crippen molar-refractivity contribution in [1.82, 2.24) is 19.3 Å². The molecule has 0 spiro atoms. The topological polar surface area (TPSA) is 47.7 Å². The first kappa shape index (κ1) is 11.4. The van der Waals surface area contributed by atoms with Crippen LogP contribution in [0.5, 0.6) is 0 Å². The maximum atomic E-state index is 4.43. The van der Waals surface area contributed by atoms with Gasteiger partial charge in [0.25, 0.3) is 0 Å². The molecule has 1 N–H and O–H groups in total. The molecule has 5 nitrogen and oxygen atoms in total. The van der Waals surface area contributed by atoms with Crippen molar-refractivity contribution in [1.29, 1.82) is 0 Å². The largest absolute Gasteiger partial charge is 0.352 e. The standard InChI is InChI=1S/C12H17N5/c1-4-5-13-12-15-10(2)7-17(12)9-11-6-14-16(3)8-11/h4,6-8H,1,5,9H2,2-3H3,(H,13,15). The number of hydrogen-bond donors (Lipinski definition) is 1. The van der Waals surface area contributed by atoms with Gasteiger partial charge in [-0.05, 0) is 6.92 Å². The van der Waals surface area contributed by atoms with Crippen LogP contribution in [0.3, 0.4) is 0 Å². The van der Waals surface area contributed by atoms with E-state index in [1.54, 1.807) is 4.68 Å². The van der Waals surface area contributed by atoms with Gasteiger partial charge in [-0.2, -0.15) is 5.10 Å². The monoisotopic (exact) mass is 231 g/mol. The molecule has 0 aliphatic rings. The first-order valence-corrected chi connectivity index (χ1v) is 5.55.